The molecular weight excluding hydrogens is 276 g/mol. The van der Waals surface area contributed by atoms with Crippen molar-refractivity contribution in [1.29, 1.82) is 0 Å². The summed E-state index contributed by atoms with van der Waals surface area (Å²) in [5.74, 6) is 1.21. The SMILES string of the molecule is C[C@]12C=CC(=O)C=C1CC[C@@H]1[C@H]2C(O)C[C@]2(C)C(O)CC[C@@H]12. The van der Waals surface area contributed by atoms with E-state index in [9.17, 15) is 15.0 Å². The molecule has 7 atom stereocenters. The fourth-order valence-corrected chi connectivity index (χ4v) is 6.30. The van der Waals surface area contributed by atoms with E-state index in [1.165, 1.54) is 5.57 Å². The number of hydrogen-bond donors (Lipinski definition) is 2. The Kier molecular flexibility index (Phi) is 3.03. The standard InChI is InChI=1S/C19H26O3/c1-18-8-7-12(20)9-11(18)3-4-13-14-5-6-16(22)19(14,2)10-15(21)17(13)18/h7-9,13-17,21-22H,3-6,10H2,1-2H3/t13-,14-,15?,16?,17-,18-,19-/m0/s1. The Balaban J connectivity index is 1.76. The van der Waals surface area contributed by atoms with Crippen LogP contribution >= 0.6 is 0 Å². The number of fused-ring (bicyclic) bond motifs is 5. The fraction of sp³-hybridized carbons (Fsp3) is 0.737. The van der Waals surface area contributed by atoms with Crippen LogP contribution in [0.15, 0.2) is 23.8 Å². The predicted molar refractivity (Wildman–Crippen MR) is 84.0 cm³/mol. The lowest BCUT2D eigenvalue weighted by Gasteiger charge is -2.58. The van der Waals surface area contributed by atoms with Gasteiger partial charge >= 0.3 is 0 Å². The second-order valence-electron chi connectivity index (χ2n) is 8.39. The molecule has 22 heavy (non-hydrogen) atoms. The van der Waals surface area contributed by atoms with Gasteiger partial charge in [0.15, 0.2) is 5.78 Å². The summed E-state index contributed by atoms with van der Waals surface area (Å²) in [7, 11) is 0. The van der Waals surface area contributed by atoms with Gasteiger partial charge in [-0.05, 0) is 61.5 Å². The third-order valence-corrected chi connectivity index (χ3v) is 7.44. The van der Waals surface area contributed by atoms with Gasteiger partial charge in [0, 0.05) is 11.3 Å². The Hall–Kier alpha value is -0.930. The number of carbonyl (C=O) groups excluding carboxylic acids is 1. The highest BCUT2D eigenvalue weighted by atomic mass is 16.3. The third-order valence-electron chi connectivity index (χ3n) is 7.44. The first-order chi connectivity index (χ1) is 10.4. The zero-order valence-corrected chi connectivity index (χ0v) is 13.5. The summed E-state index contributed by atoms with van der Waals surface area (Å²) >= 11 is 0. The molecule has 3 nitrogen and oxygen atoms in total. The summed E-state index contributed by atoms with van der Waals surface area (Å²) in [6.45, 7) is 4.36. The summed E-state index contributed by atoms with van der Waals surface area (Å²) < 4.78 is 0. The van der Waals surface area contributed by atoms with Crippen LogP contribution in [0.5, 0.6) is 0 Å². The highest BCUT2D eigenvalue weighted by Gasteiger charge is 2.61. The van der Waals surface area contributed by atoms with Gasteiger partial charge in [0.05, 0.1) is 12.2 Å². The molecule has 0 bridgehead atoms. The second-order valence-corrected chi connectivity index (χ2v) is 8.39. The van der Waals surface area contributed by atoms with E-state index in [1.807, 2.05) is 6.08 Å². The first-order valence-corrected chi connectivity index (χ1v) is 8.66. The monoisotopic (exact) mass is 302 g/mol. The minimum Gasteiger partial charge on any atom is -0.393 e. The highest BCUT2D eigenvalue weighted by molar-refractivity contribution is 6.01. The molecular formula is C19H26O3. The fourth-order valence-electron chi connectivity index (χ4n) is 6.30. The molecule has 3 saturated carbocycles. The van der Waals surface area contributed by atoms with Crippen LogP contribution in [0.2, 0.25) is 0 Å². The van der Waals surface area contributed by atoms with Crippen molar-refractivity contribution >= 4 is 5.78 Å². The van der Waals surface area contributed by atoms with Gasteiger partial charge in [-0.3, -0.25) is 4.79 Å². The summed E-state index contributed by atoms with van der Waals surface area (Å²) in [5, 5.41) is 21.4. The molecule has 2 unspecified atom stereocenters. The number of carbonyl (C=O) groups is 1. The minimum absolute atomic E-state index is 0.0809. The van der Waals surface area contributed by atoms with E-state index >= 15 is 0 Å². The Morgan fingerprint density at radius 2 is 1.95 bits per heavy atom. The van der Waals surface area contributed by atoms with E-state index in [0.717, 1.165) is 25.7 Å². The highest BCUT2D eigenvalue weighted by Crippen LogP contribution is 2.64. The molecule has 0 amide bonds. The van der Waals surface area contributed by atoms with E-state index in [1.54, 1.807) is 12.2 Å². The van der Waals surface area contributed by atoms with E-state index in [-0.39, 0.29) is 28.6 Å². The number of ketones is 1. The molecule has 0 aromatic rings. The van der Waals surface area contributed by atoms with Gasteiger partial charge in [0.1, 0.15) is 0 Å². The summed E-state index contributed by atoms with van der Waals surface area (Å²) in [6.07, 6.45) is 9.44. The molecule has 0 aromatic carbocycles. The molecule has 120 valence electrons. The Morgan fingerprint density at radius 1 is 1.18 bits per heavy atom. The van der Waals surface area contributed by atoms with Crippen LogP contribution in [-0.4, -0.2) is 28.2 Å². The first-order valence-electron chi connectivity index (χ1n) is 8.66. The average Bonchev–Trinajstić information content (AvgIpc) is 2.75. The van der Waals surface area contributed by atoms with Crippen molar-refractivity contribution in [2.45, 2.75) is 58.2 Å². The number of aliphatic hydroxyl groups is 2. The van der Waals surface area contributed by atoms with Gasteiger partial charge in [-0.15, -0.1) is 0 Å². The molecule has 0 radical (unpaired) electrons. The Morgan fingerprint density at radius 3 is 2.73 bits per heavy atom. The molecule has 0 aliphatic heterocycles. The molecule has 0 saturated heterocycles. The predicted octanol–water partition coefficient (Wildman–Crippen LogP) is 2.63. The van der Waals surface area contributed by atoms with Crippen LogP contribution in [0, 0.1) is 28.6 Å². The molecule has 3 heteroatoms. The lowest BCUT2D eigenvalue weighted by atomic mass is 9.47. The maximum absolute atomic E-state index is 11.7. The summed E-state index contributed by atoms with van der Waals surface area (Å²) in [6, 6.07) is 0. The van der Waals surface area contributed by atoms with E-state index in [0.29, 0.717) is 18.3 Å². The lowest BCUT2D eigenvalue weighted by Crippen LogP contribution is -2.56. The molecule has 0 aromatic heterocycles. The van der Waals surface area contributed by atoms with E-state index < -0.39 is 6.10 Å². The van der Waals surface area contributed by atoms with Crippen molar-refractivity contribution in [2.24, 2.45) is 28.6 Å². The zero-order valence-electron chi connectivity index (χ0n) is 13.5. The van der Waals surface area contributed by atoms with Crippen molar-refractivity contribution in [3.8, 4) is 0 Å². The first kappa shape index (κ1) is 14.6. The van der Waals surface area contributed by atoms with Gasteiger partial charge in [0.25, 0.3) is 0 Å². The van der Waals surface area contributed by atoms with Crippen molar-refractivity contribution in [3.05, 3.63) is 23.8 Å². The smallest absolute Gasteiger partial charge is 0.178 e. The molecule has 0 heterocycles. The van der Waals surface area contributed by atoms with Crippen LogP contribution < -0.4 is 0 Å². The van der Waals surface area contributed by atoms with Crippen molar-refractivity contribution in [2.75, 3.05) is 0 Å². The topological polar surface area (TPSA) is 57.5 Å². The summed E-state index contributed by atoms with van der Waals surface area (Å²) in [5.41, 5.74) is 0.875. The van der Waals surface area contributed by atoms with Crippen LogP contribution in [-0.2, 0) is 4.79 Å². The maximum Gasteiger partial charge on any atom is 0.178 e. The molecule has 2 N–H and O–H groups in total. The molecule has 4 aliphatic carbocycles. The molecule has 4 rings (SSSR count). The minimum atomic E-state index is -0.398. The lowest BCUT2D eigenvalue weighted by molar-refractivity contribution is -0.129. The zero-order chi connectivity index (χ0) is 15.7. The second kappa shape index (κ2) is 4.55. The normalized spacial score (nSPS) is 53.5. The number of rotatable bonds is 0. The Bertz CT molecular complexity index is 577. The van der Waals surface area contributed by atoms with Crippen LogP contribution in [0.3, 0.4) is 0 Å². The molecule has 0 spiro atoms. The van der Waals surface area contributed by atoms with Gasteiger partial charge in [-0.1, -0.05) is 25.5 Å². The quantitative estimate of drug-likeness (QED) is 0.723. The number of allylic oxidation sites excluding steroid dienone is 4. The van der Waals surface area contributed by atoms with Crippen molar-refractivity contribution < 1.29 is 15.0 Å². The van der Waals surface area contributed by atoms with Crippen LogP contribution in [0.4, 0.5) is 0 Å². The number of hydrogen-bond acceptors (Lipinski definition) is 3. The van der Waals surface area contributed by atoms with Gasteiger partial charge in [-0.2, -0.15) is 0 Å². The molecule has 3 fully saturated rings. The van der Waals surface area contributed by atoms with E-state index in [2.05, 4.69) is 13.8 Å². The van der Waals surface area contributed by atoms with E-state index in [4.69, 9.17) is 0 Å². The van der Waals surface area contributed by atoms with Gasteiger partial charge < -0.3 is 10.2 Å². The average molecular weight is 302 g/mol. The van der Waals surface area contributed by atoms with Crippen molar-refractivity contribution in [1.82, 2.24) is 0 Å². The third kappa shape index (κ3) is 1.73. The maximum atomic E-state index is 11.7. The summed E-state index contributed by atoms with van der Waals surface area (Å²) in [4.78, 5) is 11.7. The van der Waals surface area contributed by atoms with Gasteiger partial charge in [0.2, 0.25) is 0 Å². The molecule has 4 aliphatic rings. The van der Waals surface area contributed by atoms with Crippen LogP contribution in [0.1, 0.15) is 46.0 Å². The largest absolute Gasteiger partial charge is 0.393 e. The van der Waals surface area contributed by atoms with Gasteiger partial charge in [-0.25, -0.2) is 0 Å². The van der Waals surface area contributed by atoms with Crippen LogP contribution in [0.25, 0.3) is 0 Å². The number of aliphatic hydroxyl groups excluding tert-OH is 2. The Labute approximate surface area is 132 Å². The van der Waals surface area contributed by atoms with Crippen molar-refractivity contribution in [3.63, 3.8) is 0 Å².